The molecular weight excluding hydrogens is 128 g/mol. The summed E-state index contributed by atoms with van der Waals surface area (Å²) in [5.41, 5.74) is 0. The molecule has 10 heavy (non-hydrogen) atoms. The molecule has 0 N–H and O–H groups in total. The summed E-state index contributed by atoms with van der Waals surface area (Å²) in [5, 5.41) is 3.51. The van der Waals surface area contributed by atoms with Crippen LogP contribution in [0.4, 0.5) is 0 Å². The van der Waals surface area contributed by atoms with Crippen molar-refractivity contribution in [2.75, 3.05) is 0 Å². The summed E-state index contributed by atoms with van der Waals surface area (Å²) in [6, 6.07) is 0. The van der Waals surface area contributed by atoms with Crippen molar-refractivity contribution in [3.05, 3.63) is 12.2 Å². The van der Waals surface area contributed by atoms with E-state index in [9.17, 15) is 0 Å². The van der Waals surface area contributed by atoms with Crippen LogP contribution in [0.25, 0.3) is 0 Å². The Balaban J connectivity index is 2.28. The van der Waals surface area contributed by atoms with Crippen molar-refractivity contribution in [1.29, 1.82) is 0 Å². The molecule has 0 aromatic carbocycles. The Kier molecular flexibility index (Phi) is 2.42. The molecule has 0 atom stereocenters. The van der Waals surface area contributed by atoms with Crippen molar-refractivity contribution in [3.8, 4) is 0 Å². The monoisotopic (exact) mass is 140 g/mol. The maximum Gasteiger partial charge on any atom is 0.226 e. The Hall–Kier alpha value is -0.860. The average molecular weight is 140 g/mol. The normalized spacial score (nSPS) is 10.7. The highest BCUT2D eigenvalue weighted by Crippen LogP contribution is 2.04. The van der Waals surface area contributed by atoms with Crippen LogP contribution >= 0.6 is 0 Å². The van der Waals surface area contributed by atoms with Gasteiger partial charge in [-0.15, -0.1) is 0 Å². The first-order valence-electron chi connectivity index (χ1n) is 3.54. The van der Waals surface area contributed by atoms with E-state index in [1.54, 1.807) is 0 Å². The van der Waals surface area contributed by atoms with Gasteiger partial charge in [0, 0.05) is 6.42 Å². The molecule has 0 saturated carbocycles. The Bertz CT molecular complexity index is 170. The lowest BCUT2D eigenvalue weighted by Crippen LogP contribution is -1.91. The van der Waals surface area contributed by atoms with E-state index in [1.165, 1.54) is 6.33 Å². The molecule has 3 nitrogen and oxygen atoms in total. The second-order valence-corrected chi connectivity index (χ2v) is 2.77. The molecule has 0 radical (unpaired) electrons. The summed E-state index contributed by atoms with van der Waals surface area (Å²) in [7, 11) is 0. The van der Waals surface area contributed by atoms with Gasteiger partial charge < -0.3 is 4.52 Å². The van der Waals surface area contributed by atoms with Gasteiger partial charge in [-0.1, -0.05) is 19.0 Å². The number of aromatic nitrogens is 2. The summed E-state index contributed by atoms with van der Waals surface area (Å²) in [6.07, 6.45) is 3.45. The smallest absolute Gasteiger partial charge is 0.226 e. The minimum Gasteiger partial charge on any atom is -0.340 e. The number of hydrogen-bond donors (Lipinski definition) is 0. The molecule has 1 rings (SSSR count). The first-order valence-corrected chi connectivity index (χ1v) is 3.54. The standard InChI is InChI=1S/C7H12N2O/c1-6(2)3-4-7-8-5-9-10-7/h5-6H,3-4H2,1-2H3. The molecular formula is C7H12N2O. The van der Waals surface area contributed by atoms with E-state index in [4.69, 9.17) is 4.52 Å². The van der Waals surface area contributed by atoms with Crippen LogP contribution in [0, 0.1) is 5.92 Å². The maximum absolute atomic E-state index is 4.82. The molecule has 0 aliphatic carbocycles. The number of hydrogen-bond acceptors (Lipinski definition) is 3. The van der Waals surface area contributed by atoms with E-state index in [0.29, 0.717) is 5.92 Å². The predicted octanol–water partition coefficient (Wildman–Crippen LogP) is 1.66. The third-order valence-corrected chi connectivity index (χ3v) is 1.34. The summed E-state index contributed by atoms with van der Waals surface area (Å²) < 4.78 is 4.82. The molecule has 0 spiro atoms. The minimum absolute atomic E-state index is 0.701. The van der Waals surface area contributed by atoms with Crippen LogP contribution in [0.3, 0.4) is 0 Å². The third kappa shape index (κ3) is 2.17. The fraction of sp³-hybridized carbons (Fsp3) is 0.714. The van der Waals surface area contributed by atoms with Gasteiger partial charge in [0.2, 0.25) is 5.89 Å². The molecule has 0 aliphatic heterocycles. The zero-order chi connectivity index (χ0) is 7.40. The Morgan fingerprint density at radius 3 is 2.90 bits per heavy atom. The van der Waals surface area contributed by atoms with Gasteiger partial charge >= 0.3 is 0 Å². The van der Waals surface area contributed by atoms with Crippen molar-refractivity contribution >= 4 is 0 Å². The van der Waals surface area contributed by atoms with Crippen molar-refractivity contribution in [2.24, 2.45) is 5.92 Å². The second kappa shape index (κ2) is 3.34. The molecule has 0 saturated heterocycles. The van der Waals surface area contributed by atoms with Gasteiger partial charge in [-0.2, -0.15) is 4.98 Å². The molecule has 3 heteroatoms. The largest absolute Gasteiger partial charge is 0.340 e. The van der Waals surface area contributed by atoms with Crippen molar-refractivity contribution in [1.82, 2.24) is 10.1 Å². The molecule has 0 amide bonds. The lowest BCUT2D eigenvalue weighted by Gasteiger charge is -1.98. The van der Waals surface area contributed by atoms with Gasteiger partial charge in [0.05, 0.1) is 0 Å². The maximum atomic E-state index is 4.82. The van der Waals surface area contributed by atoms with Crippen LogP contribution in [0.15, 0.2) is 10.9 Å². The van der Waals surface area contributed by atoms with Crippen LogP contribution in [0.1, 0.15) is 26.2 Å². The Labute approximate surface area is 60.4 Å². The van der Waals surface area contributed by atoms with Gasteiger partial charge in [-0.05, 0) is 12.3 Å². The first kappa shape index (κ1) is 7.25. The van der Waals surface area contributed by atoms with E-state index in [2.05, 4.69) is 24.0 Å². The number of aryl methyl sites for hydroxylation is 1. The predicted molar refractivity (Wildman–Crippen MR) is 37.5 cm³/mol. The summed E-state index contributed by atoms with van der Waals surface area (Å²) in [4.78, 5) is 3.91. The fourth-order valence-corrected chi connectivity index (χ4v) is 0.718. The summed E-state index contributed by atoms with van der Waals surface area (Å²) >= 11 is 0. The van der Waals surface area contributed by atoms with Gasteiger partial charge in [-0.3, -0.25) is 0 Å². The highest BCUT2D eigenvalue weighted by atomic mass is 16.5. The van der Waals surface area contributed by atoms with E-state index in [0.717, 1.165) is 18.7 Å². The van der Waals surface area contributed by atoms with Crippen LogP contribution in [-0.4, -0.2) is 10.1 Å². The van der Waals surface area contributed by atoms with Gasteiger partial charge in [0.25, 0.3) is 0 Å². The number of rotatable bonds is 3. The zero-order valence-electron chi connectivity index (χ0n) is 6.37. The van der Waals surface area contributed by atoms with Crippen LogP contribution < -0.4 is 0 Å². The molecule has 0 fully saturated rings. The van der Waals surface area contributed by atoms with Gasteiger partial charge in [0.1, 0.15) is 0 Å². The lowest BCUT2D eigenvalue weighted by molar-refractivity contribution is 0.367. The number of nitrogens with zero attached hydrogens (tertiary/aromatic N) is 2. The molecule has 56 valence electrons. The van der Waals surface area contributed by atoms with Crippen molar-refractivity contribution in [3.63, 3.8) is 0 Å². The van der Waals surface area contributed by atoms with Crippen molar-refractivity contribution < 1.29 is 4.52 Å². The van der Waals surface area contributed by atoms with Crippen LogP contribution in [0.5, 0.6) is 0 Å². The van der Waals surface area contributed by atoms with E-state index < -0.39 is 0 Å². The average Bonchev–Trinajstić information content (AvgIpc) is 2.34. The second-order valence-electron chi connectivity index (χ2n) is 2.77. The minimum atomic E-state index is 0.701. The molecule has 1 heterocycles. The first-order chi connectivity index (χ1) is 4.79. The van der Waals surface area contributed by atoms with E-state index in [1.807, 2.05) is 0 Å². The van der Waals surface area contributed by atoms with E-state index >= 15 is 0 Å². The SMILES string of the molecule is CC(C)CCc1ncno1. The molecule has 1 aromatic heterocycles. The van der Waals surface area contributed by atoms with Gasteiger partial charge in [-0.25, -0.2) is 0 Å². The molecule has 0 unspecified atom stereocenters. The highest BCUT2D eigenvalue weighted by molar-refractivity contribution is 4.73. The quantitative estimate of drug-likeness (QED) is 0.640. The molecule has 0 aliphatic rings. The topological polar surface area (TPSA) is 38.9 Å². The summed E-state index contributed by atoms with van der Waals surface area (Å²) in [6.45, 7) is 4.35. The molecule has 1 aromatic rings. The van der Waals surface area contributed by atoms with E-state index in [-0.39, 0.29) is 0 Å². The van der Waals surface area contributed by atoms with Crippen LogP contribution in [0.2, 0.25) is 0 Å². The Morgan fingerprint density at radius 2 is 2.40 bits per heavy atom. The van der Waals surface area contributed by atoms with Crippen molar-refractivity contribution in [2.45, 2.75) is 26.7 Å². The summed E-state index contributed by atoms with van der Waals surface area (Å²) in [5.74, 6) is 1.44. The highest BCUT2D eigenvalue weighted by Gasteiger charge is 1.99. The van der Waals surface area contributed by atoms with Crippen LogP contribution in [-0.2, 0) is 6.42 Å². The third-order valence-electron chi connectivity index (χ3n) is 1.34. The molecule has 0 bridgehead atoms. The van der Waals surface area contributed by atoms with Gasteiger partial charge in [0.15, 0.2) is 6.33 Å². The zero-order valence-corrected chi connectivity index (χ0v) is 6.37. The Morgan fingerprint density at radius 1 is 1.60 bits per heavy atom. The fourth-order valence-electron chi connectivity index (χ4n) is 0.718. The lowest BCUT2D eigenvalue weighted by atomic mass is 10.1.